The molecule has 0 spiro atoms. The van der Waals surface area contributed by atoms with Crippen molar-refractivity contribution in [2.75, 3.05) is 33.7 Å². The van der Waals surface area contributed by atoms with Crippen LogP contribution in [0.2, 0.25) is 0 Å². The Bertz CT molecular complexity index is 665. The van der Waals surface area contributed by atoms with Crippen LogP contribution in [0.1, 0.15) is 35.7 Å². The highest BCUT2D eigenvalue weighted by Crippen LogP contribution is 2.10. The third kappa shape index (κ3) is 7.36. The summed E-state index contributed by atoms with van der Waals surface area (Å²) in [5.74, 6) is 0.880. The van der Waals surface area contributed by atoms with E-state index in [0.29, 0.717) is 25.1 Å². The number of nitrogens with zero attached hydrogens (tertiary/aromatic N) is 2. The maximum Gasteiger partial charge on any atom is 0.251 e. The number of carbonyl (C=O) groups excluding carboxylic acids is 2. The Hall–Kier alpha value is -1.84. The molecule has 3 N–H and O–H groups in total. The fourth-order valence-electron chi connectivity index (χ4n) is 2.95. The minimum Gasteiger partial charge on any atom is -0.357 e. The van der Waals surface area contributed by atoms with E-state index >= 15 is 0 Å². The molecule has 1 saturated heterocycles. The molecule has 1 aliphatic heterocycles. The number of halogens is 1. The Kier molecular flexibility index (Phi) is 10.1. The maximum atomic E-state index is 11.7. The molecule has 1 aromatic carbocycles. The second-order valence-corrected chi connectivity index (χ2v) is 6.44. The van der Waals surface area contributed by atoms with Gasteiger partial charge in [-0.25, -0.2) is 0 Å². The summed E-state index contributed by atoms with van der Waals surface area (Å²) in [5, 5.41) is 9.30. The number of likely N-dealkylation sites (N-methyl/N-ethyl adjacent to an activating group) is 1. The highest BCUT2D eigenvalue weighted by Gasteiger charge is 2.23. The predicted molar refractivity (Wildman–Crippen MR) is 119 cm³/mol. The number of benzene rings is 1. The molecular weight excluding hydrogens is 457 g/mol. The lowest BCUT2D eigenvalue weighted by Crippen LogP contribution is -2.51. The van der Waals surface area contributed by atoms with E-state index in [9.17, 15) is 9.59 Å². The summed E-state index contributed by atoms with van der Waals surface area (Å²) in [4.78, 5) is 29.7. The van der Waals surface area contributed by atoms with Gasteiger partial charge in [0.05, 0.1) is 0 Å². The van der Waals surface area contributed by atoms with Gasteiger partial charge in [0.15, 0.2) is 5.96 Å². The van der Waals surface area contributed by atoms with Gasteiger partial charge in [0, 0.05) is 51.8 Å². The molecule has 27 heavy (non-hydrogen) atoms. The summed E-state index contributed by atoms with van der Waals surface area (Å²) < 4.78 is 0. The van der Waals surface area contributed by atoms with Gasteiger partial charge in [-0.3, -0.25) is 14.6 Å². The molecular formula is C19H30IN5O2. The summed E-state index contributed by atoms with van der Waals surface area (Å²) in [7, 11) is 3.46. The Balaban J connectivity index is 0.00000364. The SMILES string of the molecule is CCNC(=NCCc1cccc(C(=O)NC)c1)NC1CCC(=O)N(C)C1.I. The number of rotatable bonds is 6. The molecule has 1 fully saturated rings. The van der Waals surface area contributed by atoms with Crippen molar-refractivity contribution in [2.24, 2.45) is 4.99 Å². The standard InChI is InChI=1S/C19H29N5O2.HI/c1-4-21-19(23-16-8-9-17(25)24(3)13-16)22-11-10-14-6-5-7-15(12-14)18(26)20-2;/h5-7,12,16H,4,8-11,13H2,1-3H3,(H,20,26)(H2,21,22,23);1H. The number of carbonyl (C=O) groups is 2. The van der Waals surface area contributed by atoms with E-state index in [1.54, 1.807) is 18.0 Å². The first kappa shape index (κ1) is 23.2. The average molecular weight is 487 g/mol. The summed E-state index contributed by atoms with van der Waals surface area (Å²) in [6, 6.07) is 7.81. The van der Waals surface area contributed by atoms with Gasteiger partial charge in [-0.1, -0.05) is 12.1 Å². The number of hydrogen-bond acceptors (Lipinski definition) is 3. The second kappa shape index (κ2) is 11.8. The third-order valence-electron chi connectivity index (χ3n) is 4.40. The van der Waals surface area contributed by atoms with Crippen LogP contribution < -0.4 is 16.0 Å². The predicted octanol–water partition coefficient (Wildman–Crippen LogP) is 1.38. The van der Waals surface area contributed by atoms with Crippen LogP contribution in [-0.4, -0.2) is 62.4 Å². The van der Waals surface area contributed by atoms with Gasteiger partial charge in [0.1, 0.15) is 0 Å². The molecule has 150 valence electrons. The van der Waals surface area contributed by atoms with Crippen LogP contribution in [0.25, 0.3) is 0 Å². The van der Waals surface area contributed by atoms with Gasteiger partial charge in [-0.15, -0.1) is 24.0 Å². The van der Waals surface area contributed by atoms with E-state index in [1.807, 2.05) is 32.2 Å². The van der Waals surface area contributed by atoms with E-state index in [0.717, 1.165) is 30.9 Å². The Labute approximate surface area is 178 Å². The number of likely N-dealkylation sites (tertiary alicyclic amines) is 1. The van der Waals surface area contributed by atoms with E-state index in [4.69, 9.17) is 0 Å². The molecule has 7 nitrogen and oxygen atoms in total. The lowest BCUT2D eigenvalue weighted by Gasteiger charge is -2.31. The lowest BCUT2D eigenvalue weighted by atomic mass is 10.1. The molecule has 8 heteroatoms. The first-order valence-electron chi connectivity index (χ1n) is 9.13. The van der Waals surface area contributed by atoms with Crippen molar-refractivity contribution >= 4 is 41.8 Å². The molecule has 1 atom stereocenters. The zero-order valence-corrected chi connectivity index (χ0v) is 18.6. The van der Waals surface area contributed by atoms with Gasteiger partial charge in [-0.2, -0.15) is 0 Å². The van der Waals surface area contributed by atoms with E-state index in [2.05, 4.69) is 20.9 Å². The smallest absolute Gasteiger partial charge is 0.251 e. The fourth-order valence-corrected chi connectivity index (χ4v) is 2.95. The molecule has 1 aliphatic rings. The van der Waals surface area contributed by atoms with Crippen molar-refractivity contribution in [1.29, 1.82) is 0 Å². The number of piperidine rings is 1. The summed E-state index contributed by atoms with van der Waals surface area (Å²) in [5.41, 5.74) is 1.74. The average Bonchev–Trinajstić information content (AvgIpc) is 2.64. The second-order valence-electron chi connectivity index (χ2n) is 6.44. The number of hydrogen-bond donors (Lipinski definition) is 3. The van der Waals surface area contributed by atoms with Crippen molar-refractivity contribution in [1.82, 2.24) is 20.9 Å². The fraction of sp³-hybridized carbons (Fsp3) is 0.526. The minimum absolute atomic E-state index is 0. The van der Waals surface area contributed by atoms with Crippen LogP contribution in [0.4, 0.5) is 0 Å². The van der Waals surface area contributed by atoms with Gasteiger partial charge in [0.25, 0.3) is 5.91 Å². The van der Waals surface area contributed by atoms with Crippen molar-refractivity contribution in [3.8, 4) is 0 Å². The van der Waals surface area contributed by atoms with Gasteiger partial charge < -0.3 is 20.9 Å². The quantitative estimate of drug-likeness (QED) is 0.322. The van der Waals surface area contributed by atoms with Crippen LogP contribution in [0, 0.1) is 0 Å². The highest BCUT2D eigenvalue weighted by molar-refractivity contribution is 14.0. The molecule has 0 saturated carbocycles. The number of guanidine groups is 1. The van der Waals surface area contributed by atoms with Crippen LogP contribution >= 0.6 is 24.0 Å². The van der Waals surface area contributed by atoms with Crippen molar-refractivity contribution < 1.29 is 9.59 Å². The molecule has 0 bridgehead atoms. The molecule has 0 aromatic heterocycles. The van der Waals surface area contributed by atoms with E-state index in [1.165, 1.54) is 0 Å². The van der Waals surface area contributed by atoms with Crippen LogP contribution in [0.3, 0.4) is 0 Å². The van der Waals surface area contributed by atoms with Crippen molar-refractivity contribution in [3.63, 3.8) is 0 Å². The summed E-state index contributed by atoms with van der Waals surface area (Å²) >= 11 is 0. The number of amides is 2. The summed E-state index contributed by atoms with van der Waals surface area (Å²) in [6.45, 7) is 4.12. The monoisotopic (exact) mass is 487 g/mol. The first-order chi connectivity index (χ1) is 12.5. The molecule has 2 amide bonds. The number of aliphatic imine (C=N–C) groups is 1. The van der Waals surface area contributed by atoms with E-state index < -0.39 is 0 Å². The maximum absolute atomic E-state index is 11.7. The summed E-state index contributed by atoms with van der Waals surface area (Å²) in [6.07, 6.45) is 2.14. The normalized spacial score (nSPS) is 17.1. The first-order valence-corrected chi connectivity index (χ1v) is 9.13. The van der Waals surface area contributed by atoms with Crippen LogP contribution in [0.15, 0.2) is 29.3 Å². The van der Waals surface area contributed by atoms with E-state index in [-0.39, 0.29) is 41.8 Å². The molecule has 0 radical (unpaired) electrons. The lowest BCUT2D eigenvalue weighted by molar-refractivity contribution is -0.132. The molecule has 1 heterocycles. The minimum atomic E-state index is -0.0821. The Morgan fingerprint density at radius 1 is 1.37 bits per heavy atom. The Morgan fingerprint density at radius 2 is 2.15 bits per heavy atom. The zero-order valence-electron chi connectivity index (χ0n) is 16.2. The topological polar surface area (TPSA) is 85.8 Å². The van der Waals surface area contributed by atoms with Crippen molar-refractivity contribution in [2.45, 2.75) is 32.2 Å². The number of nitrogens with one attached hydrogen (secondary N) is 3. The Morgan fingerprint density at radius 3 is 2.81 bits per heavy atom. The highest BCUT2D eigenvalue weighted by atomic mass is 127. The van der Waals surface area contributed by atoms with Crippen LogP contribution in [0.5, 0.6) is 0 Å². The van der Waals surface area contributed by atoms with Gasteiger partial charge >= 0.3 is 0 Å². The van der Waals surface area contributed by atoms with Gasteiger partial charge in [-0.05, 0) is 37.5 Å². The van der Waals surface area contributed by atoms with Crippen molar-refractivity contribution in [3.05, 3.63) is 35.4 Å². The molecule has 2 rings (SSSR count). The zero-order chi connectivity index (χ0) is 18.9. The molecule has 1 unspecified atom stereocenters. The third-order valence-corrected chi connectivity index (χ3v) is 4.40. The molecule has 0 aliphatic carbocycles. The largest absolute Gasteiger partial charge is 0.357 e. The van der Waals surface area contributed by atoms with Gasteiger partial charge in [0.2, 0.25) is 5.91 Å². The molecule has 1 aromatic rings. The van der Waals surface area contributed by atoms with Crippen LogP contribution in [-0.2, 0) is 11.2 Å².